The lowest BCUT2D eigenvalue weighted by molar-refractivity contribution is -0.128. The first kappa shape index (κ1) is 20.5. The fourth-order valence-corrected chi connectivity index (χ4v) is 3.62. The molecule has 1 heterocycles. The molecule has 0 spiro atoms. The molecule has 158 valence electrons. The molecular weight excluding hydrogens is 390 g/mol. The highest BCUT2D eigenvalue weighted by atomic mass is 16.5. The fraction of sp³-hybridized carbons (Fsp3) is 0.200. The van der Waals surface area contributed by atoms with Gasteiger partial charge in [0.05, 0.1) is 13.0 Å². The van der Waals surface area contributed by atoms with Crippen molar-refractivity contribution < 1.29 is 14.3 Å². The number of carbonyl (C=O) groups is 2. The van der Waals surface area contributed by atoms with Crippen LogP contribution in [0.5, 0.6) is 5.75 Å². The highest BCUT2D eigenvalue weighted by Crippen LogP contribution is 2.24. The summed E-state index contributed by atoms with van der Waals surface area (Å²) in [4.78, 5) is 26.8. The van der Waals surface area contributed by atoms with Gasteiger partial charge >= 0.3 is 0 Å². The molecule has 6 nitrogen and oxygen atoms in total. The van der Waals surface area contributed by atoms with Gasteiger partial charge < -0.3 is 20.3 Å². The smallest absolute Gasteiger partial charge is 0.229 e. The summed E-state index contributed by atoms with van der Waals surface area (Å²) in [5.41, 5.74) is 3.66. The van der Waals surface area contributed by atoms with Crippen LogP contribution in [0, 0.1) is 5.92 Å². The van der Waals surface area contributed by atoms with Crippen molar-refractivity contribution in [3.8, 4) is 5.75 Å². The molecule has 31 heavy (non-hydrogen) atoms. The topological polar surface area (TPSA) is 70.7 Å². The largest absolute Gasteiger partial charge is 0.497 e. The van der Waals surface area contributed by atoms with Crippen LogP contribution in [-0.2, 0) is 16.1 Å². The first-order valence-corrected chi connectivity index (χ1v) is 10.2. The van der Waals surface area contributed by atoms with Gasteiger partial charge in [0, 0.05) is 36.6 Å². The van der Waals surface area contributed by atoms with Crippen molar-refractivity contribution in [2.75, 3.05) is 24.3 Å². The Morgan fingerprint density at radius 3 is 2.26 bits per heavy atom. The van der Waals surface area contributed by atoms with E-state index in [1.54, 1.807) is 12.0 Å². The van der Waals surface area contributed by atoms with Crippen molar-refractivity contribution in [1.29, 1.82) is 0 Å². The molecule has 1 unspecified atom stereocenters. The van der Waals surface area contributed by atoms with Crippen LogP contribution >= 0.6 is 0 Å². The Hall–Kier alpha value is -3.80. The van der Waals surface area contributed by atoms with E-state index in [1.807, 2.05) is 78.9 Å². The van der Waals surface area contributed by atoms with Crippen LogP contribution in [0.1, 0.15) is 12.0 Å². The Bertz CT molecular complexity index is 1030. The number of ether oxygens (including phenoxy) is 1. The second kappa shape index (κ2) is 9.34. The van der Waals surface area contributed by atoms with Gasteiger partial charge in [0.1, 0.15) is 5.75 Å². The van der Waals surface area contributed by atoms with E-state index in [0.717, 1.165) is 22.7 Å². The first-order chi connectivity index (χ1) is 15.1. The summed E-state index contributed by atoms with van der Waals surface area (Å²) in [5, 5.41) is 6.24. The Balaban J connectivity index is 1.31. The van der Waals surface area contributed by atoms with E-state index < -0.39 is 0 Å². The minimum atomic E-state index is -0.354. The Kier molecular flexibility index (Phi) is 6.17. The predicted molar refractivity (Wildman–Crippen MR) is 121 cm³/mol. The molecule has 3 aromatic carbocycles. The van der Waals surface area contributed by atoms with Gasteiger partial charge in [-0.3, -0.25) is 9.59 Å². The standard InChI is InChI=1S/C25H25N3O3/c1-31-23-13-7-18(8-14-23)16-28-17-19(15-24(28)29)25(30)27-22-11-9-21(10-12-22)26-20-5-3-2-4-6-20/h2-14,19,26H,15-17H2,1H3,(H,27,30). The maximum Gasteiger partial charge on any atom is 0.229 e. The van der Waals surface area contributed by atoms with E-state index in [0.29, 0.717) is 18.8 Å². The highest BCUT2D eigenvalue weighted by molar-refractivity contribution is 5.97. The second-order valence-corrected chi connectivity index (χ2v) is 7.58. The van der Waals surface area contributed by atoms with Gasteiger partial charge in [-0.15, -0.1) is 0 Å². The summed E-state index contributed by atoms with van der Waals surface area (Å²) < 4.78 is 5.16. The number of para-hydroxylation sites is 1. The Morgan fingerprint density at radius 2 is 1.58 bits per heavy atom. The van der Waals surface area contributed by atoms with Crippen molar-refractivity contribution in [3.05, 3.63) is 84.4 Å². The lowest BCUT2D eigenvalue weighted by atomic mass is 10.1. The van der Waals surface area contributed by atoms with Gasteiger partial charge in [0.25, 0.3) is 0 Å². The van der Waals surface area contributed by atoms with Crippen molar-refractivity contribution >= 4 is 28.9 Å². The summed E-state index contributed by atoms with van der Waals surface area (Å²) in [6.07, 6.45) is 0.232. The van der Waals surface area contributed by atoms with Crippen LogP contribution < -0.4 is 15.4 Å². The monoisotopic (exact) mass is 415 g/mol. The van der Waals surface area contributed by atoms with Crippen LogP contribution in [0.25, 0.3) is 0 Å². The number of rotatable bonds is 7. The molecule has 0 saturated carbocycles. The Morgan fingerprint density at radius 1 is 0.935 bits per heavy atom. The minimum Gasteiger partial charge on any atom is -0.497 e. The van der Waals surface area contributed by atoms with Crippen molar-refractivity contribution in [3.63, 3.8) is 0 Å². The molecule has 4 rings (SSSR count). The quantitative estimate of drug-likeness (QED) is 0.599. The van der Waals surface area contributed by atoms with Gasteiger partial charge in [-0.25, -0.2) is 0 Å². The van der Waals surface area contributed by atoms with E-state index in [1.165, 1.54) is 0 Å². The molecule has 0 aromatic heterocycles. The maximum absolute atomic E-state index is 12.7. The lowest BCUT2D eigenvalue weighted by Gasteiger charge is -2.17. The summed E-state index contributed by atoms with van der Waals surface area (Å²) in [6.45, 7) is 0.913. The average molecular weight is 415 g/mol. The zero-order chi connectivity index (χ0) is 21.6. The number of methoxy groups -OCH3 is 1. The molecule has 1 saturated heterocycles. The number of amides is 2. The predicted octanol–water partition coefficient (Wildman–Crippen LogP) is 4.43. The van der Waals surface area contributed by atoms with Gasteiger partial charge in [0.2, 0.25) is 11.8 Å². The van der Waals surface area contributed by atoms with Crippen LogP contribution in [0.3, 0.4) is 0 Å². The van der Waals surface area contributed by atoms with E-state index >= 15 is 0 Å². The zero-order valence-electron chi connectivity index (χ0n) is 17.4. The lowest BCUT2D eigenvalue weighted by Crippen LogP contribution is -2.28. The molecule has 0 radical (unpaired) electrons. The van der Waals surface area contributed by atoms with Crippen molar-refractivity contribution in [1.82, 2.24) is 4.90 Å². The maximum atomic E-state index is 12.7. The van der Waals surface area contributed by atoms with Crippen LogP contribution in [0.15, 0.2) is 78.9 Å². The molecule has 2 N–H and O–H groups in total. The van der Waals surface area contributed by atoms with Crippen molar-refractivity contribution in [2.45, 2.75) is 13.0 Å². The average Bonchev–Trinajstić information content (AvgIpc) is 3.17. The molecule has 6 heteroatoms. The summed E-state index contributed by atoms with van der Waals surface area (Å²) >= 11 is 0. The minimum absolute atomic E-state index is 0.00150. The molecular formula is C25H25N3O3. The number of hydrogen-bond acceptors (Lipinski definition) is 4. The normalized spacial score (nSPS) is 15.6. The number of carbonyl (C=O) groups excluding carboxylic acids is 2. The number of benzene rings is 3. The molecule has 2 amide bonds. The second-order valence-electron chi connectivity index (χ2n) is 7.58. The van der Waals surface area contributed by atoms with Crippen LogP contribution in [0.4, 0.5) is 17.1 Å². The van der Waals surface area contributed by atoms with Gasteiger partial charge in [0.15, 0.2) is 0 Å². The van der Waals surface area contributed by atoms with Gasteiger partial charge in [-0.2, -0.15) is 0 Å². The fourth-order valence-electron chi connectivity index (χ4n) is 3.62. The third-order valence-electron chi connectivity index (χ3n) is 5.33. The van der Waals surface area contributed by atoms with Crippen molar-refractivity contribution in [2.24, 2.45) is 5.92 Å². The molecule has 1 atom stereocenters. The SMILES string of the molecule is COc1ccc(CN2CC(C(=O)Nc3ccc(Nc4ccccc4)cc3)CC2=O)cc1. The number of likely N-dealkylation sites (tertiary alicyclic amines) is 1. The summed E-state index contributed by atoms with van der Waals surface area (Å²) in [7, 11) is 1.62. The number of nitrogens with zero attached hydrogens (tertiary/aromatic N) is 1. The van der Waals surface area contributed by atoms with E-state index in [2.05, 4.69) is 10.6 Å². The van der Waals surface area contributed by atoms with Crippen LogP contribution in [0.2, 0.25) is 0 Å². The van der Waals surface area contributed by atoms with Gasteiger partial charge in [-0.05, 0) is 54.1 Å². The number of hydrogen-bond donors (Lipinski definition) is 2. The third kappa shape index (κ3) is 5.22. The number of anilines is 3. The number of nitrogens with one attached hydrogen (secondary N) is 2. The molecule has 0 bridgehead atoms. The zero-order valence-corrected chi connectivity index (χ0v) is 17.4. The van der Waals surface area contributed by atoms with Crippen LogP contribution in [-0.4, -0.2) is 30.4 Å². The van der Waals surface area contributed by atoms with E-state index in [9.17, 15) is 9.59 Å². The molecule has 1 fully saturated rings. The highest BCUT2D eigenvalue weighted by Gasteiger charge is 2.34. The third-order valence-corrected chi connectivity index (χ3v) is 5.33. The molecule has 1 aliphatic heterocycles. The molecule has 1 aliphatic rings. The van der Waals surface area contributed by atoms with E-state index in [-0.39, 0.29) is 24.2 Å². The van der Waals surface area contributed by atoms with Gasteiger partial charge in [-0.1, -0.05) is 30.3 Å². The Labute approximate surface area is 181 Å². The summed E-state index contributed by atoms with van der Waals surface area (Å²) in [6, 6.07) is 25.0. The first-order valence-electron chi connectivity index (χ1n) is 10.2. The van der Waals surface area contributed by atoms with E-state index in [4.69, 9.17) is 4.74 Å². The molecule has 0 aliphatic carbocycles. The summed E-state index contributed by atoms with van der Waals surface area (Å²) in [5.74, 6) is 0.291. The molecule has 3 aromatic rings.